The van der Waals surface area contributed by atoms with Crippen LogP contribution in [0, 0.1) is 0 Å². The Labute approximate surface area is 65.3 Å². The quantitative estimate of drug-likeness (QED) is 0.330. The predicted molar refractivity (Wildman–Crippen MR) is 35.3 cm³/mol. The van der Waals surface area contributed by atoms with E-state index in [-0.39, 0.29) is 17.1 Å². The smallest absolute Gasteiger partial charge is 0.132 e. The van der Waals surface area contributed by atoms with Gasteiger partial charge in [-0.2, -0.15) is 0 Å². The van der Waals surface area contributed by atoms with Crippen LogP contribution in [0.1, 0.15) is 0 Å². The monoisotopic (exact) mass is 176 g/mol. The average Bonchev–Trinajstić information content (AvgIpc) is 1.36. The van der Waals surface area contributed by atoms with E-state index in [1.54, 1.807) is 4.90 Å². The van der Waals surface area contributed by atoms with Gasteiger partial charge in [-0.05, 0) is 0 Å². The summed E-state index contributed by atoms with van der Waals surface area (Å²) in [4.78, 5) is 1.76. The van der Waals surface area contributed by atoms with Gasteiger partial charge in [-0.25, -0.2) is 0 Å². The summed E-state index contributed by atoms with van der Waals surface area (Å²) in [7, 11) is 3.71. The van der Waals surface area contributed by atoms with E-state index in [1.165, 1.54) is 0 Å². The van der Waals surface area contributed by atoms with Gasteiger partial charge in [0.05, 0.1) is 0 Å². The summed E-state index contributed by atoms with van der Waals surface area (Å²) < 4.78 is 0.620. The first kappa shape index (κ1) is 10.7. The second-order valence-electron chi connectivity index (χ2n) is 1.18. The van der Waals surface area contributed by atoms with Crippen LogP contribution in [-0.4, -0.2) is 23.3 Å². The number of rotatable bonds is 0. The van der Waals surface area contributed by atoms with Crippen LogP contribution in [0.3, 0.4) is 0 Å². The van der Waals surface area contributed by atoms with E-state index in [1.807, 2.05) is 14.1 Å². The molecular weight excluding hydrogens is 169 g/mol. The molecule has 0 heterocycles. The number of hydrogen-bond donors (Lipinski definition) is 1. The minimum atomic E-state index is 0. The number of nitrogens with zero attached hydrogens (tertiary/aromatic N) is 1. The molecule has 0 spiro atoms. The minimum absolute atomic E-state index is 0. The van der Waals surface area contributed by atoms with Gasteiger partial charge in [-0.1, -0.05) is 12.2 Å². The van der Waals surface area contributed by atoms with Crippen molar-refractivity contribution in [2.75, 3.05) is 14.1 Å². The van der Waals surface area contributed by atoms with Crippen molar-refractivity contribution in [3.63, 3.8) is 0 Å². The summed E-state index contributed by atoms with van der Waals surface area (Å²) in [6, 6.07) is 0. The molecule has 0 saturated carbocycles. The Morgan fingerprint density at radius 3 is 1.71 bits per heavy atom. The van der Waals surface area contributed by atoms with E-state index in [4.69, 9.17) is 0 Å². The molecule has 0 aliphatic heterocycles. The summed E-state index contributed by atoms with van der Waals surface area (Å²) in [5.41, 5.74) is 0. The maximum absolute atomic E-state index is 4.61. The van der Waals surface area contributed by atoms with Crippen LogP contribution in [0.15, 0.2) is 0 Å². The summed E-state index contributed by atoms with van der Waals surface area (Å²) in [6.07, 6.45) is 0. The molecule has 0 fully saturated rings. The first-order chi connectivity index (χ1) is 2.64. The molecular formula is C3H7MnNS2. The van der Waals surface area contributed by atoms with E-state index in [0.717, 1.165) is 0 Å². The molecule has 43 valence electrons. The van der Waals surface area contributed by atoms with Crippen LogP contribution in [-0.2, 0) is 17.1 Å². The van der Waals surface area contributed by atoms with E-state index < -0.39 is 0 Å². The van der Waals surface area contributed by atoms with Gasteiger partial charge in [0.25, 0.3) is 0 Å². The molecule has 0 bridgehead atoms. The van der Waals surface area contributed by atoms with Gasteiger partial charge in [-0.15, -0.1) is 12.6 Å². The van der Waals surface area contributed by atoms with Crippen molar-refractivity contribution in [1.29, 1.82) is 0 Å². The average molecular weight is 176 g/mol. The maximum atomic E-state index is 4.61. The van der Waals surface area contributed by atoms with Crippen LogP contribution in [0.5, 0.6) is 0 Å². The molecule has 4 heteroatoms. The van der Waals surface area contributed by atoms with Gasteiger partial charge in [0.2, 0.25) is 0 Å². The fourth-order valence-electron chi connectivity index (χ4n) is 0. The Morgan fingerprint density at radius 2 is 1.71 bits per heavy atom. The Bertz CT molecular complexity index is 64.0. The molecule has 0 atom stereocenters. The van der Waals surface area contributed by atoms with Crippen molar-refractivity contribution >= 4 is 29.2 Å². The van der Waals surface area contributed by atoms with Crippen molar-refractivity contribution in [3.05, 3.63) is 0 Å². The molecule has 0 N–H and O–H groups in total. The van der Waals surface area contributed by atoms with Gasteiger partial charge < -0.3 is 4.90 Å². The van der Waals surface area contributed by atoms with Gasteiger partial charge in [0.1, 0.15) is 4.32 Å². The standard InChI is InChI=1S/C3H7NS2.Mn/c1-4(2)3(5)6;/h1-2H3,(H,5,6);. The maximum Gasteiger partial charge on any atom is 0.132 e. The Morgan fingerprint density at radius 1 is 1.57 bits per heavy atom. The molecule has 0 saturated heterocycles. The van der Waals surface area contributed by atoms with Crippen molar-refractivity contribution in [3.8, 4) is 0 Å². The molecule has 0 aromatic rings. The summed E-state index contributed by atoms with van der Waals surface area (Å²) >= 11 is 8.46. The molecule has 0 aromatic heterocycles. The van der Waals surface area contributed by atoms with Gasteiger partial charge >= 0.3 is 0 Å². The van der Waals surface area contributed by atoms with E-state index >= 15 is 0 Å². The van der Waals surface area contributed by atoms with Crippen LogP contribution < -0.4 is 0 Å². The summed E-state index contributed by atoms with van der Waals surface area (Å²) in [5.74, 6) is 0. The third-order valence-electron chi connectivity index (χ3n) is 0.383. The van der Waals surface area contributed by atoms with Crippen LogP contribution in [0.2, 0.25) is 0 Å². The van der Waals surface area contributed by atoms with Gasteiger partial charge in [0, 0.05) is 31.2 Å². The zero-order valence-electron chi connectivity index (χ0n) is 4.18. The largest absolute Gasteiger partial charge is 0.364 e. The molecule has 0 aromatic carbocycles. The van der Waals surface area contributed by atoms with E-state index in [9.17, 15) is 0 Å². The van der Waals surface area contributed by atoms with E-state index in [0.29, 0.717) is 4.32 Å². The predicted octanol–water partition coefficient (Wildman–Crippen LogP) is 0.760. The topological polar surface area (TPSA) is 3.24 Å². The number of thiocarbonyl (C=S) groups is 1. The Balaban J connectivity index is 0. The number of hydrogen-bond acceptors (Lipinski definition) is 1. The summed E-state index contributed by atoms with van der Waals surface area (Å²) in [5, 5.41) is 0. The molecule has 0 amide bonds. The van der Waals surface area contributed by atoms with Crippen molar-refractivity contribution in [2.45, 2.75) is 0 Å². The third kappa shape index (κ3) is 6.76. The fraction of sp³-hybridized carbons (Fsp3) is 0.667. The van der Waals surface area contributed by atoms with Crippen molar-refractivity contribution < 1.29 is 17.1 Å². The Kier molecular flexibility index (Phi) is 7.49. The van der Waals surface area contributed by atoms with Crippen LogP contribution in [0.4, 0.5) is 0 Å². The third-order valence-corrected chi connectivity index (χ3v) is 1.15. The van der Waals surface area contributed by atoms with Crippen LogP contribution in [0.25, 0.3) is 0 Å². The normalized spacial score (nSPS) is 6.71. The first-order valence-corrected chi connectivity index (χ1v) is 2.40. The summed E-state index contributed by atoms with van der Waals surface area (Å²) in [6.45, 7) is 0. The zero-order valence-corrected chi connectivity index (χ0v) is 7.07. The molecule has 0 aliphatic rings. The minimum Gasteiger partial charge on any atom is -0.364 e. The second-order valence-corrected chi connectivity index (χ2v) is 2.29. The van der Waals surface area contributed by atoms with Gasteiger partial charge in [0.15, 0.2) is 0 Å². The molecule has 0 unspecified atom stereocenters. The molecule has 7 heavy (non-hydrogen) atoms. The van der Waals surface area contributed by atoms with Crippen molar-refractivity contribution in [1.82, 2.24) is 4.90 Å². The second kappa shape index (κ2) is 4.91. The zero-order chi connectivity index (χ0) is 5.15. The fourth-order valence-corrected chi connectivity index (χ4v) is 0. The first-order valence-electron chi connectivity index (χ1n) is 1.55. The molecule has 0 aliphatic carbocycles. The number of thiol groups is 1. The van der Waals surface area contributed by atoms with Crippen LogP contribution >= 0.6 is 24.8 Å². The molecule has 1 nitrogen and oxygen atoms in total. The van der Waals surface area contributed by atoms with E-state index in [2.05, 4.69) is 24.8 Å². The van der Waals surface area contributed by atoms with Gasteiger partial charge in [-0.3, -0.25) is 0 Å². The molecule has 0 rings (SSSR count). The molecule has 1 radical (unpaired) electrons. The van der Waals surface area contributed by atoms with Crippen molar-refractivity contribution in [2.24, 2.45) is 0 Å². The Hall–Kier alpha value is 0.759. The SMILES string of the molecule is CN(C)C(=S)S.[Mn].